The number of aryl methyl sites for hydroxylation is 1. The van der Waals surface area contributed by atoms with Gasteiger partial charge >= 0.3 is 0 Å². The number of aromatic nitrogens is 4. The van der Waals surface area contributed by atoms with Gasteiger partial charge in [0.05, 0.1) is 23.6 Å². The number of fused-ring (bicyclic) bond motifs is 3. The van der Waals surface area contributed by atoms with E-state index in [1.165, 1.54) is 4.90 Å². The van der Waals surface area contributed by atoms with Crippen molar-refractivity contribution in [2.24, 2.45) is 0 Å². The number of benzene rings is 2. The number of rotatable bonds is 7. The van der Waals surface area contributed by atoms with Crippen molar-refractivity contribution in [2.75, 3.05) is 13.1 Å². The third-order valence-corrected chi connectivity index (χ3v) is 10.5. The molecular formula is C42H38N8O5. The minimum Gasteiger partial charge on any atom is -0.350 e. The third-order valence-electron chi connectivity index (χ3n) is 10.5. The van der Waals surface area contributed by atoms with E-state index >= 15 is 0 Å². The third kappa shape index (κ3) is 6.71. The van der Waals surface area contributed by atoms with Gasteiger partial charge in [-0.15, -0.1) is 0 Å². The van der Waals surface area contributed by atoms with Crippen molar-refractivity contribution in [3.63, 3.8) is 0 Å². The summed E-state index contributed by atoms with van der Waals surface area (Å²) in [6.45, 7) is 6.16. The lowest BCUT2D eigenvalue weighted by Crippen LogP contribution is -2.52. The Kier molecular flexibility index (Phi) is 9.40. The van der Waals surface area contributed by atoms with Crippen molar-refractivity contribution >= 4 is 40.3 Å². The van der Waals surface area contributed by atoms with Crippen molar-refractivity contribution in [2.45, 2.75) is 65.2 Å². The Hall–Kier alpha value is -6.68. The molecule has 0 spiro atoms. The smallest absolute Gasteiger partial charge is 0.269 e. The predicted molar refractivity (Wildman–Crippen MR) is 203 cm³/mol. The predicted octanol–water partition coefficient (Wildman–Crippen LogP) is 4.02. The summed E-state index contributed by atoms with van der Waals surface area (Å²) in [5, 5.41) is 7.13. The molecule has 3 aromatic heterocycles. The van der Waals surface area contributed by atoms with Crippen LogP contribution in [0, 0.1) is 11.8 Å². The maximum Gasteiger partial charge on any atom is 0.269 e. The Morgan fingerprint density at radius 1 is 0.982 bits per heavy atom. The molecule has 1 saturated heterocycles. The standard InChI is InChI=1S/C42H38N8O5/c1-3-37-46-39(36-24-48(25(2)51)18-19-49(36)37)29-11-7-10-27-20-34(45-22-31(27)29)28-13-14-33(44-21-28)40(53)43-17-5-4-8-26-9-6-12-30-32(26)23-50(42(30)55)35-15-16-38(52)47-41(35)54/h6-7,9-14,20-22,35H,3,5,15-19,23-24H2,1-2H3,(H,43,53)(H,47,52,54)/t35-/m1/s1. The van der Waals surface area contributed by atoms with E-state index in [2.05, 4.69) is 38.9 Å². The van der Waals surface area contributed by atoms with E-state index < -0.39 is 11.9 Å². The van der Waals surface area contributed by atoms with Gasteiger partial charge in [-0.3, -0.25) is 39.3 Å². The highest BCUT2D eigenvalue weighted by Crippen LogP contribution is 2.35. The maximum absolute atomic E-state index is 13.1. The van der Waals surface area contributed by atoms with Gasteiger partial charge in [-0.25, -0.2) is 4.98 Å². The summed E-state index contributed by atoms with van der Waals surface area (Å²) in [5.74, 6) is 5.90. The van der Waals surface area contributed by atoms with Crippen LogP contribution < -0.4 is 10.6 Å². The van der Waals surface area contributed by atoms with Crippen LogP contribution in [-0.2, 0) is 40.4 Å². The number of hydrogen-bond donors (Lipinski definition) is 2. The van der Waals surface area contributed by atoms with Gasteiger partial charge in [-0.2, -0.15) is 0 Å². The van der Waals surface area contributed by atoms with Crippen molar-refractivity contribution in [3.8, 4) is 34.4 Å². The quantitative estimate of drug-likeness (QED) is 0.144. The normalized spacial score (nSPS) is 16.3. The topological polar surface area (TPSA) is 159 Å². The molecule has 1 atom stereocenters. The van der Waals surface area contributed by atoms with Crippen molar-refractivity contribution in [3.05, 3.63) is 101 Å². The first-order valence-electron chi connectivity index (χ1n) is 18.4. The molecule has 0 saturated carbocycles. The van der Waals surface area contributed by atoms with Crippen molar-refractivity contribution < 1.29 is 24.0 Å². The monoisotopic (exact) mass is 734 g/mol. The largest absolute Gasteiger partial charge is 0.350 e. The van der Waals surface area contributed by atoms with Gasteiger partial charge < -0.3 is 19.7 Å². The number of carbonyl (C=O) groups excluding carboxylic acids is 5. The van der Waals surface area contributed by atoms with Crippen LogP contribution in [0.2, 0.25) is 0 Å². The van der Waals surface area contributed by atoms with Gasteiger partial charge in [0.25, 0.3) is 11.8 Å². The minimum atomic E-state index is -0.690. The zero-order chi connectivity index (χ0) is 38.2. The molecule has 6 heterocycles. The molecule has 55 heavy (non-hydrogen) atoms. The Bertz CT molecular complexity index is 2480. The van der Waals surface area contributed by atoms with Gasteiger partial charge in [0.2, 0.25) is 17.7 Å². The van der Waals surface area contributed by atoms with Crippen LogP contribution in [0.1, 0.15) is 76.6 Å². The molecule has 5 aromatic rings. The first-order valence-corrected chi connectivity index (χ1v) is 18.4. The Balaban J connectivity index is 0.909. The number of imidazole rings is 1. The summed E-state index contributed by atoms with van der Waals surface area (Å²) in [6, 6.07) is 16.2. The summed E-state index contributed by atoms with van der Waals surface area (Å²) in [5.41, 5.74) is 6.59. The summed E-state index contributed by atoms with van der Waals surface area (Å²) in [6.07, 6.45) is 5.14. The molecule has 3 aliphatic rings. The summed E-state index contributed by atoms with van der Waals surface area (Å²) in [7, 11) is 0. The van der Waals surface area contributed by atoms with Gasteiger partial charge in [0.15, 0.2) is 0 Å². The van der Waals surface area contributed by atoms with Crippen molar-refractivity contribution in [1.29, 1.82) is 0 Å². The molecular weight excluding hydrogens is 697 g/mol. The molecule has 2 N–H and O–H groups in total. The second-order valence-corrected chi connectivity index (χ2v) is 13.8. The number of carbonyl (C=O) groups is 5. The average Bonchev–Trinajstić information content (AvgIpc) is 3.74. The second kappa shape index (κ2) is 14.6. The minimum absolute atomic E-state index is 0.0537. The summed E-state index contributed by atoms with van der Waals surface area (Å²) in [4.78, 5) is 79.8. The molecule has 1 fully saturated rings. The van der Waals surface area contributed by atoms with Crippen LogP contribution in [0.3, 0.4) is 0 Å². The first-order chi connectivity index (χ1) is 26.7. The highest BCUT2D eigenvalue weighted by molar-refractivity contribution is 6.05. The number of amides is 5. The highest BCUT2D eigenvalue weighted by atomic mass is 16.2. The van der Waals surface area contributed by atoms with Gasteiger partial charge in [-0.05, 0) is 47.7 Å². The van der Waals surface area contributed by atoms with Crippen LogP contribution in [0.25, 0.3) is 33.3 Å². The lowest BCUT2D eigenvalue weighted by atomic mass is 10.0. The number of pyridine rings is 2. The van der Waals surface area contributed by atoms with E-state index in [0.717, 1.165) is 63.3 Å². The SMILES string of the molecule is CCc1nc(-c2cccc3cc(-c4ccc(C(=O)NCCC#Cc5cccc6c5CN([C@@H]5CCC(=O)NC5=O)C6=O)nc4)ncc23)c2n1CCN(C(C)=O)C2. The summed E-state index contributed by atoms with van der Waals surface area (Å²) >= 11 is 0. The molecule has 0 aliphatic carbocycles. The number of hydrogen-bond acceptors (Lipinski definition) is 8. The van der Waals surface area contributed by atoms with E-state index in [1.807, 2.05) is 47.5 Å². The number of nitrogens with one attached hydrogen (secondary N) is 2. The second-order valence-electron chi connectivity index (χ2n) is 13.8. The fraction of sp³-hybridized carbons (Fsp3) is 0.286. The first kappa shape index (κ1) is 35.4. The van der Waals surface area contributed by atoms with Gasteiger partial charge in [0.1, 0.15) is 17.6 Å². The van der Waals surface area contributed by atoms with Crippen molar-refractivity contribution in [1.82, 2.24) is 40.0 Å². The van der Waals surface area contributed by atoms with E-state index in [1.54, 1.807) is 31.3 Å². The molecule has 8 rings (SSSR count). The number of nitrogens with zero attached hydrogens (tertiary/aromatic N) is 6. The molecule has 0 radical (unpaired) electrons. The van der Waals surface area contributed by atoms with Gasteiger partial charge in [-0.1, -0.05) is 43.0 Å². The molecule has 5 amide bonds. The lowest BCUT2D eigenvalue weighted by molar-refractivity contribution is -0.137. The van der Waals surface area contributed by atoms with Gasteiger partial charge in [0, 0.05) is 92.4 Å². The lowest BCUT2D eigenvalue weighted by Gasteiger charge is -2.29. The molecule has 3 aliphatic heterocycles. The fourth-order valence-corrected chi connectivity index (χ4v) is 7.60. The maximum atomic E-state index is 13.1. The summed E-state index contributed by atoms with van der Waals surface area (Å²) < 4.78 is 2.24. The molecule has 0 unspecified atom stereocenters. The van der Waals surface area contributed by atoms with Crippen LogP contribution in [0.4, 0.5) is 0 Å². The van der Waals surface area contributed by atoms with E-state index in [9.17, 15) is 24.0 Å². The number of imide groups is 1. The fourth-order valence-electron chi connectivity index (χ4n) is 7.60. The molecule has 276 valence electrons. The van der Waals surface area contributed by atoms with E-state index in [-0.39, 0.29) is 42.3 Å². The van der Waals surface area contributed by atoms with Crippen LogP contribution in [0.5, 0.6) is 0 Å². The highest BCUT2D eigenvalue weighted by Gasteiger charge is 2.39. The molecule has 13 heteroatoms. The zero-order valence-corrected chi connectivity index (χ0v) is 30.5. The Labute approximate surface area is 317 Å². The zero-order valence-electron chi connectivity index (χ0n) is 30.5. The van der Waals surface area contributed by atoms with Crippen LogP contribution in [0.15, 0.2) is 67.0 Å². The van der Waals surface area contributed by atoms with E-state index in [4.69, 9.17) is 9.97 Å². The number of piperidine rings is 1. The average molecular weight is 735 g/mol. The van der Waals surface area contributed by atoms with Crippen LogP contribution >= 0.6 is 0 Å². The van der Waals surface area contributed by atoms with E-state index in [0.29, 0.717) is 43.6 Å². The molecule has 2 aromatic carbocycles. The Morgan fingerprint density at radius 2 is 1.82 bits per heavy atom. The Morgan fingerprint density at radius 3 is 2.60 bits per heavy atom. The molecule has 13 nitrogen and oxygen atoms in total. The van der Waals surface area contributed by atoms with Crippen LogP contribution in [-0.4, -0.2) is 78.0 Å². The molecule has 0 bridgehead atoms.